The number of benzene rings is 1. The van der Waals surface area contributed by atoms with E-state index in [2.05, 4.69) is 25.9 Å². The van der Waals surface area contributed by atoms with E-state index in [0.29, 0.717) is 11.6 Å². The summed E-state index contributed by atoms with van der Waals surface area (Å²) in [5.41, 5.74) is 14.7. The van der Waals surface area contributed by atoms with Crippen molar-refractivity contribution in [2.45, 2.75) is 5.33 Å². The van der Waals surface area contributed by atoms with Gasteiger partial charge in [0.1, 0.15) is 5.52 Å². The van der Waals surface area contributed by atoms with E-state index < -0.39 is 0 Å². The second-order valence-electron chi connectivity index (χ2n) is 2.79. The highest BCUT2D eigenvalue weighted by Gasteiger charge is 2.06. The Morgan fingerprint density at radius 1 is 1.38 bits per heavy atom. The van der Waals surface area contributed by atoms with E-state index in [9.17, 15) is 0 Å². The quantitative estimate of drug-likeness (QED) is 0.524. The van der Waals surface area contributed by atoms with Crippen LogP contribution in [-0.2, 0) is 5.33 Å². The second-order valence-corrected chi connectivity index (χ2v) is 3.35. The summed E-state index contributed by atoms with van der Waals surface area (Å²) >= 11 is 3.35. The van der Waals surface area contributed by atoms with E-state index in [1.54, 1.807) is 0 Å². The summed E-state index contributed by atoms with van der Waals surface area (Å²) in [7, 11) is 0. The summed E-state index contributed by atoms with van der Waals surface area (Å²) < 4.78 is 0. The van der Waals surface area contributed by atoms with Crippen molar-refractivity contribution in [3.05, 3.63) is 17.7 Å². The number of hydrogen-bond acceptors (Lipinski definition) is 3. The lowest BCUT2D eigenvalue weighted by Crippen LogP contribution is -1.92. The predicted molar refractivity (Wildman–Crippen MR) is 57.5 cm³/mol. The van der Waals surface area contributed by atoms with E-state index in [-0.39, 0.29) is 0 Å². The lowest BCUT2D eigenvalue weighted by molar-refractivity contribution is 1.35. The predicted octanol–water partition coefficient (Wildman–Crippen LogP) is 1.62. The van der Waals surface area contributed by atoms with Crippen LogP contribution in [0.25, 0.3) is 11.0 Å². The van der Waals surface area contributed by atoms with E-state index in [1.807, 2.05) is 12.1 Å². The molecule has 0 saturated heterocycles. The highest BCUT2D eigenvalue weighted by atomic mass is 79.9. The van der Waals surface area contributed by atoms with Gasteiger partial charge >= 0.3 is 0 Å². The maximum Gasteiger partial charge on any atom is 0.198 e. The zero-order valence-electron chi connectivity index (χ0n) is 6.84. The minimum absolute atomic E-state index is 0.397. The molecule has 0 amide bonds. The third kappa shape index (κ3) is 1.25. The molecule has 0 aliphatic rings. The fourth-order valence-electron chi connectivity index (χ4n) is 1.27. The van der Waals surface area contributed by atoms with Crippen LogP contribution in [0.15, 0.2) is 12.1 Å². The topological polar surface area (TPSA) is 80.7 Å². The Kier molecular flexibility index (Phi) is 1.88. The van der Waals surface area contributed by atoms with Crippen molar-refractivity contribution in [1.82, 2.24) is 9.97 Å². The lowest BCUT2D eigenvalue weighted by atomic mass is 10.2. The molecule has 1 aromatic heterocycles. The number of hydrogen-bond donors (Lipinski definition) is 3. The summed E-state index contributed by atoms with van der Waals surface area (Å²) in [6.45, 7) is 0. The minimum atomic E-state index is 0.397. The molecule has 0 bridgehead atoms. The first-order valence-corrected chi connectivity index (χ1v) is 4.93. The van der Waals surface area contributed by atoms with Crippen LogP contribution in [0.2, 0.25) is 0 Å². The molecule has 4 nitrogen and oxygen atoms in total. The third-order valence-corrected chi connectivity index (χ3v) is 2.55. The number of imidazole rings is 1. The summed E-state index contributed by atoms with van der Waals surface area (Å²) in [5.74, 6) is 0.397. The largest absolute Gasteiger partial charge is 0.397 e. The summed E-state index contributed by atoms with van der Waals surface area (Å²) in [4.78, 5) is 7.02. The maximum absolute atomic E-state index is 5.87. The molecule has 0 fully saturated rings. The zero-order valence-corrected chi connectivity index (χ0v) is 8.43. The average molecular weight is 241 g/mol. The zero-order chi connectivity index (χ0) is 9.42. The van der Waals surface area contributed by atoms with Crippen LogP contribution >= 0.6 is 15.9 Å². The van der Waals surface area contributed by atoms with Crippen LogP contribution in [0.5, 0.6) is 0 Å². The first kappa shape index (κ1) is 8.37. The van der Waals surface area contributed by atoms with Crippen molar-refractivity contribution in [3.8, 4) is 0 Å². The van der Waals surface area contributed by atoms with Gasteiger partial charge in [0.25, 0.3) is 0 Å². The molecule has 0 aliphatic carbocycles. The number of nitrogens with one attached hydrogen (secondary N) is 1. The molecule has 13 heavy (non-hydrogen) atoms. The van der Waals surface area contributed by atoms with Crippen LogP contribution in [0.3, 0.4) is 0 Å². The average Bonchev–Trinajstić information content (AvgIpc) is 2.47. The van der Waals surface area contributed by atoms with Gasteiger partial charge in [-0.15, -0.1) is 0 Å². The van der Waals surface area contributed by atoms with Crippen LogP contribution in [0.1, 0.15) is 5.56 Å². The number of nitrogens with two attached hydrogens (primary N) is 2. The van der Waals surface area contributed by atoms with Crippen LogP contribution in [0, 0.1) is 0 Å². The molecule has 1 heterocycles. The van der Waals surface area contributed by atoms with E-state index in [0.717, 1.165) is 21.9 Å². The Morgan fingerprint density at radius 2 is 2.15 bits per heavy atom. The molecule has 68 valence electrons. The van der Waals surface area contributed by atoms with Gasteiger partial charge in [-0.25, -0.2) is 4.98 Å². The smallest absolute Gasteiger partial charge is 0.198 e. The number of halogens is 1. The van der Waals surface area contributed by atoms with Crippen molar-refractivity contribution in [2.75, 3.05) is 11.5 Å². The van der Waals surface area contributed by atoms with Crippen LogP contribution in [0.4, 0.5) is 11.6 Å². The number of alkyl halides is 1. The van der Waals surface area contributed by atoms with Gasteiger partial charge in [-0.05, 0) is 11.6 Å². The van der Waals surface area contributed by atoms with E-state index in [4.69, 9.17) is 11.5 Å². The highest BCUT2D eigenvalue weighted by Crippen LogP contribution is 2.24. The Hall–Kier alpha value is -1.23. The number of aromatic amines is 1. The van der Waals surface area contributed by atoms with Crippen LogP contribution < -0.4 is 11.5 Å². The number of nitrogen functional groups attached to an aromatic ring is 2. The number of H-pyrrole nitrogens is 1. The van der Waals surface area contributed by atoms with E-state index in [1.165, 1.54) is 0 Å². The molecule has 0 spiro atoms. The van der Waals surface area contributed by atoms with E-state index >= 15 is 0 Å². The van der Waals surface area contributed by atoms with Gasteiger partial charge in [-0.1, -0.05) is 22.0 Å². The summed E-state index contributed by atoms with van der Waals surface area (Å²) in [6.07, 6.45) is 0. The Bertz CT molecular complexity index is 449. The van der Waals surface area contributed by atoms with Gasteiger partial charge in [0.15, 0.2) is 5.95 Å². The highest BCUT2D eigenvalue weighted by molar-refractivity contribution is 9.08. The lowest BCUT2D eigenvalue weighted by Gasteiger charge is -2.00. The van der Waals surface area contributed by atoms with Gasteiger partial charge in [0.05, 0.1) is 11.2 Å². The molecule has 5 N–H and O–H groups in total. The number of fused-ring (bicyclic) bond motifs is 1. The molecular formula is C8H9BrN4. The summed E-state index contributed by atoms with van der Waals surface area (Å²) in [5, 5.41) is 0.724. The second kappa shape index (κ2) is 2.92. The standard InChI is InChI=1S/C8H9BrN4/c9-3-4-1-2-5-7(6(4)10)13-8(11)12-5/h1-2H,3,10H2,(H3,11,12,13). The normalized spacial score (nSPS) is 10.8. The number of aromatic nitrogens is 2. The van der Waals surface area contributed by atoms with Gasteiger partial charge in [-0.3, -0.25) is 0 Å². The monoisotopic (exact) mass is 240 g/mol. The molecule has 0 aliphatic heterocycles. The maximum atomic E-state index is 5.87. The molecule has 0 saturated carbocycles. The molecule has 2 rings (SSSR count). The van der Waals surface area contributed by atoms with Crippen molar-refractivity contribution in [2.24, 2.45) is 0 Å². The van der Waals surface area contributed by atoms with Gasteiger partial charge < -0.3 is 16.5 Å². The third-order valence-electron chi connectivity index (χ3n) is 1.95. The minimum Gasteiger partial charge on any atom is -0.397 e. The fraction of sp³-hybridized carbons (Fsp3) is 0.125. The first-order chi connectivity index (χ1) is 6.22. The molecule has 0 radical (unpaired) electrons. The van der Waals surface area contributed by atoms with Crippen molar-refractivity contribution in [1.29, 1.82) is 0 Å². The first-order valence-electron chi connectivity index (χ1n) is 3.81. The van der Waals surface area contributed by atoms with Crippen molar-refractivity contribution >= 4 is 38.6 Å². The van der Waals surface area contributed by atoms with Crippen molar-refractivity contribution < 1.29 is 0 Å². The number of nitrogens with zero attached hydrogens (tertiary/aromatic N) is 1. The number of anilines is 2. The Morgan fingerprint density at radius 3 is 2.85 bits per heavy atom. The van der Waals surface area contributed by atoms with Crippen molar-refractivity contribution in [3.63, 3.8) is 0 Å². The van der Waals surface area contributed by atoms with Gasteiger partial charge in [0, 0.05) is 5.33 Å². The Labute approximate surface area is 83.5 Å². The Balaban J connectivity index is 2.78. The number of rotatable bonds is 1. The molecule has 0 atom stereocenters. The fourth-order valence-corrected chi connectivity index (χ4v) is 1.76. The summed E-state index contributed by atoms with van der Waals surface area (Å²) in [6, 6.07) is 3.87. The molecule has 1 aromatic carbocycles. The molecule has 5 heteroatoms. The molecule has 2 aromatic rings. The van der Waals surface area contributed by atoms with Gasteiger partial charge in [-0.2, -0.15) is 0 Å². The SMILES string of the molecule is Nc1nc2c(N)c(CBr)ccc2[nH]1. The molecular weight excluding hydrogens is 232 g/mol. The van der Waals surface area contributed by atoms with Crippen LogP contribution in [-0.4, -0.2) is 9.97 Å². The van der Waals surface area contributed by atoms with Gasteiger partial charge in [0.2, 0.25) is 0 Å². The molecule has 0 unspecified atom stereocenters.